The lowest BCUT2D eigenvalue weighted by Crippen LogP contribution is -2.38. The first-order valence-electron chi connectivity index (χ1n) is 7.94. The highest BCUT2D eigenvalue weighted by Crippen LogP contribution is 2.30. The normalized spacial score (nSPS) is 16.6. The zero-order chi connectivity index (χ0) is 15.5. The molecule has 0 saturated heterocycles. The third-order valence-corrected chi connectivity index (χ3v) is 3.82. The lowest BCUT2D eigenvalue weighted by molar-refractivity contribution is -0.132. The first-order chi connectivity index (χ1) is 9.85. The summed E-state index contributed by atoms with van der Waals surface area (Å²) in [5.41, 5.74) is 7.53. The molecule has 2 rings (SSSR count). The topological polar surface area (TPSA) is 46.3 Å². The molecule has 3 nitrogen and oxygen atoms in total. The van der Waals surface area contributed by atoms with Crippen LogP contribution in [0.25, 0.3) is 0 Å². The molecule has 1 unspecified atom stereocenters. The number of hydrogen-bond donors (Lipinski definition) is 1. The van der Waals surface area contributed by atoms with Gasteiger partial charge >= 0.3 is 0 Å². The molecule has 0 aliphatic heterocycles. The van der Waals surface area contributed by atoms with Gasteiger partial charge in [0.15, 0.2) is 0 Å². The van der Waals surface area contributed by atoms with Gasteiger partial charge in [0.25, 0.3) is 0 Å². The van der Waals surface area contributed by atoms with Crippen molar-refractivity contribution in [3.63, 3.8) is 0 Å². The van der Waals surface area contributed by atoms with Crippen molar-refractivity contribution in [1.82, 2.24) is 4.90 Å². The summed E-state index contributed by atoms with van der Waals surface area (Å²) in [6.45, 7) is 7.21. The number of carbonyl (C=O) groups excluding carboxylic acids is 1. The van der Waals surface area contributed by atoms with Crippen LogP contribution in [0, 0.1) is 5.41 Å². The van der Waals surface area contributed by atoms with Crippen molar-refractivity contribution in [2.24, 2.45) is 11.1 Å². The second-order valence-corrected chi connectivity index (χ2v) is 7.47. The van der Waals surface area contributed by atoms with Crippen molar-refractivity contribution in [3.05, 3.63) is 35.9 Å². The van der Waals surface area contributed by atoms with Gasteiger partial charge in [-0.05, 0) is 30.2 Å². The fourth-order valence-corrected chi connectivity index (χ4v) is 2.79. The van der Waals surface area contributed by atoms with Crippen LogP contribution in [-0.4, -0.2) is 22.9 Å². The lowest BCUT2D eigenvalue weighted by atomic mass is 9.87. The van der Waals surface area contributed by atoms with E-state index in [0.717, 1.165) is 19.3 Å². The molecule has 0 radical (unpaired) electrons. The average Bonchev–Trinajstić information content (AvgIpc) is 3.18. The Hall–Kier alpha value is -1.35. The predicted octanol–water partition coefficient (Wildman–Crippen LogP) is 3.33. The Balaban J connectivity index is 1.93. The van der Waals surface area contributed by atoms with Crippen LogP contribution in [0.15, 0.2) is 30.3 Å². The van der Waals surface area contributed by atoms with E-state index in [-0.39, 0.29) is 17.4 Å². The molecule has 1 atom stereocenters. The van der Waals surface area contributed by atoms with Crippen LogP contribution in [0.4, 0.5) is 0 Å². The fraction of sp³-hybridized carbons (Fsp3) is 0.611. The van der Waals surface area contributed by atoms with Crippen molar-refractivity contribution in [1.29, 1.82) is 0 Å². The summed E-state index contributed by atoms with van der Waals surface area (Å²) in [4.78, 5) is 14.6. The Bertz CT molecular complexity index is 460. The van der Waals surface area contributed by atoms with E-state index in [4.69, 9.17) is 5.73 Å². The molecule has 1 aliphatic rings. The van der Waals surface area contributed by atoms with Gasteiger partial charge in [0.1, 0.15) is 0 Å². The van der Waals surface area contributed by atoms with E-state index in [1.165, 1.54) is 5.56 Å². The maximum atomic E-state index is 12.6. The Labute approximate surface area is 128 Å². The smallest absolute Gasteiger partial charge is 0.224 e. The number of benzene rings is 1. The lowest BCUT2D eigenvalue weighted by Gasteiger charge is -2.27. The Morgan fingerprint density at radius 3 is 2.43 bits per heavy atom. The first kappa shape index (κ1) is 16.0. The highest BCUT2D eigenvalue weighted by Gasteiger charge is 2.33. The minimum absolute atomic E-state index is 0.0467. The van der Waals surface area contributed by atoms with Crippen molar-refractivity contribution < 1.29 is 4.79 Å². The largest absolute Gasteiger partial charge is 0.335 e. The van der Waals surface area contributed by atoms with Gasteiger partial charge in [0, 0.05) is 25.0 Å². The number of rotatable bonds is 6. The Kier molecular flexibility index (Phi) is 5.04. The summed E-state index contributed by atoms with van der Waals surface area (Å²) in [5, 5.41) is 0. The minimum Gasteiger partial charge on any atom is -0.335 e. The number of carbonyl (C=O) groups is 1. The molecule has 1 aromatic carbocycles. The van der Waals surface area contributed by atoms with Gasteiger partial charge in [-0.2, -0.15) is 0 Å². The number of hydrogen-bond acceptors (Lipinski definition) is 2. The highest BCUT2D eigenvalue weighted by atomic mass is 16.2. The van der Waals surface area contributed by atoms with E-state index in [2.05, 4.69) is 32.9 Å². The average molecular weight is 288 g/mol. The molecular weight excluding hydrogens is 260 g/mol. The zero-order valence-electron chi connectivity index (χ0n) is 13.5. The summed E-state index contributed by atoms with van der Waals surface area (Å²) in [7, 11) is 0. The van der Waals surface area contributed by atoms with Gasteiger partial charge in [-0.15, -0.1) is 0 Å². The van der Waals surface area contributed by atoms with Crippen LogP contribution >= 0.6 is 0 Å². The van der Waals surface area contributed by atoms with E-state index in [1.54, 1.807) is 0 Å². The van der Waals surface area contributed by atoms with Gasteiger partial charge in [-0.3, -0.25) is 4.79 Å². The molecule has 1 amide bonds. The van der Waals surface area contributed by atoms with Gasteiger partial charge < -0.3 is 10.6 Å². The molecule has 3 heteroatoms. The monoisotopic (exact) mass is 288 g/mol. The first-order valence-corrected chi connectivity index (χ1v) is 7.94. The van der Waals surface area contributed by atoms with Crippen LogP contribution in [0.1, 0.15) is 52.0 Å². The summed E-state index contributed by atoms with van der Waals surface area (Å²) in [6, 6.07) is 10.6. The molecule has 1 fully saturated rings. The van der Waals surface area contributed by atoms with E-state index < -0.39 is 0 Å². The summed E-state index contributed by atoms with van der Waals surface area (Å²) >= 11 is 0. The molecule has 0 heterocycles. The standard InChI is InChI=1S/C18H28N2O/c1-18(2,3)12-15(19)11-17(21)20(16-9-10-16)13-14-7-5-4-6-8-14/h4-8,15-16H,9-13,19H2,1-3H3. The van der Waals surface area contributed by atoms with Crippen molar-refractivity contribution >= 4 is 5.91 Å². The summed E-state index contributed by atoms with van der Waals surface area (Å²) in [5.74, 6) is 0.207. The van der Waals surface area contributed by atoms with Gasteiger partial charge in [-0.1, -0.05) is 51.1 Å². The van der Waals surface area contributed by atoms with Crippen LogP contribution in [-0.2, 0) is 11.3 Å². The van der Waals surface area contributed by atoms with Crippen LogP contribution in [0.3, 0.4) is 0 Å². The van der Waals surface area contributed by atoms with Crippen LogP contribution in [0.2, 0.25) is 0 Å². The van der Waals surface area contributed by atoms with E-state index in [1.807, 2.05) is 23.1 Å². The van der Waals surface area contributed by atoms with Crippen LogP contribution in [0.5, 0.6) is 0 Å². The third kappa shape index (κ3) is 5.50. The minimum atomic E-state index is -0.0467. The molecule has 1 aliphatic carbocycles. The molecule has 0 spiro atoms. The fourth-order valence-electron chi connectivity index (χ4n) is 2.79. The number of nitrogens with two attached hydrogens (primary N) is 1. The quantitative estimate of drug-likeness (QED) is 0.872. The van der Waals surface area contributed by atoms with Gasteiger partial charge in [0.05, 0.1) is 0 Å². The third-order valence-electron chi connectivity index (χ3n) is 3.82. The zero-order valence-corrected chi connectivity index (χ0v) is 13.5. The molecule has 0 aromatic heterocycles. The van der Waals surface area contributed by atoms with Crippen molar-refractivity contribution in [2.45, 2.75) is 65.1 Å². The Morgan fingerprint density at radius 1 is 1.29 bits per heavy atom. The SMILES string of the molecule is CC(C)(C)CC(N)CC(=O)N(Cc1ccccc1)C1CC1. The highest BCUT2D eigenvalue weighted by molar-refractivity contribution is 5.77. The summed E-state index contributed by atoms with van der Waals surface area (Å²) < 4.78 is 0. The van der Waals surface area contributed by atoms with Crippen LogP contribution < -0.4 is 5.73 Å². The molecule has 1 saturated carbocycles. The maximum Gasteiger partial charge on any atom is 0.224 e. The Morgan fingerprint density at radius 2 is 1.90 bits per heavy atom. The molecule has 0 bridgehead atoms. The van der Waals surface area contributed by atoms with Gasteiger partial charge in [0.2, 0.25) is 5.91 Å². The second kappa shape index (κ2) is 6.61. The molecular formula is C18H28N2O. The predicted molar refractivity (Wildman–Crippen MR) is 86.7 cm³/mol. The molecule has 21 heavy (non-hydrogen) atoms. The van der Waals surface area contributed by atoms with Crippen molar-refractivity contribution in [3.8, 4) is 0 Å². The molecule has 1 aromatic rings. The van der Waals surface area contributed by atoms with E-state index in [0.29, 0.717) is 19.0 Å². The van der Waals surface area contributed by atoms with Crippen molar-refractivity contribution in [2.75, 3.05) is 0 Å². The number of nitrogens with zero attached hydrogens (tertiary/aromatic N) is 1. The van der Waals surface area contributed by atoms with E-state index >= 15 is 0 Å². The molecule has 116 valence electrons. The molecule has 2 N–H and O–H groups in total. The number of amides is 1. The maximum absolute atomic E-state index is 12.6. The second-order valence-electron chi connectivity index (χ2n) is 7.47. The summed E-state index contributed by atoms with van der Waals surface area (Å²) in [6.07, 6.45) is 3.60. The van der Waals surface area contributed by atoms with Gasteiger partial charge in [-0.25, -0.2) is 0 Å². The van der Waals surface area contributed by atoms with E-state index in [9.17, 15) is 4.79 Å².